The molecule has 0 aromatic heterocycles. The molecular weight excluding hydrogens is 242 g/mol. The van der Waals surface area contributed by atoms with Gasteiger partial charge in [0.25, 0.3) is 0 Å². The summed E-state index contributed by atoms with van der Waals surface area (Å²) in [5.41, 5.74) is 0.387. The van der Waals surface area contributed by atoms with Crippen molar-refractivity contribution < 1.29 is 10.0 Å². The third-order valence-electron chi connectivity index (χ3n) is 3.87. The summed E-state index contributed by atoms with van der Waals surface area (Å²) in [6.07, 6.45) is 0. The van der Waals surface area contributed by atoms with Crippen LogP contribution in [0.1, 0.15) is 32.4 Å². The first-order valence-corrected chi connectivity index (χ1v) is 6.25. The van der Waals surface area contributed by atoms with Crippen molar-refractivity contribution in [2.75, 3.05) is 7.05 Å². The quantitative estimate of drug-likeness (QED) is 0.657. The number of likely N-dealkylation sites (N-methyl/N-ethyl adjacent to an activating group) is 1. The van der Waals surface area contributed by atoms with E-state index >= 15 is 0 Å². The molecule has 5 nitrogen and oxygen atoms in total. The average molecular weight is 261 g/mol. The zero-order valence-corrected chi connectivity index (χ0v) is 11.7. The van der Waals surface area contributed by atoms with Gasteiger partial charge in [-0.3, -0.25) is 4.90 Å². The molecule has 1 aliphatic heterocycles. The molecule has 1 aromatic rings. The highest BCUT2D eigenvalue weighted by Gasteiger charge is 2.49. The number of hydrogen-bond acceptors (Lipinski definition) is 3. The molecule has 1 unspecified atom stereocenters. The van der Waals surface area contributed by atoms with Crippen LogP contribution in [0.3, 0.4) is 0 Å². The van der Waals surface area contributed by atoms with Gasteiger partial charge in [-0.15, -0.1) is 0 Å². The van der Waals surface area contributed by atoms with Crippen LogP contribution in [0.25, 0.3) is 0 Å². The van der Waals surface area contributed by atoms with Gasteiger partial charge in [0.1, 0.15) is 5.54 Å². The lowest BCUT2D eigenvalue weighted by Crippen LogP contribution is -2.42. The van der Waals surface area contributed by atoms with Crippen LogP contribution < -0.4 is 0 Å². The number of benzene rings is 1. The minimum atomic E-state index is -0.616. The second kappa shape index (κ2) is 4.57. The summed E-state index contributed by atoms with van der Waals surface area (Å²) >= 11 is 0. The van der Waals surface area contributed by atoms with Crippen LogP contribution in [0.5, 0.6) is 0 Å². The van der Waals surface area contributed by atoms with Gasteiger partial charge in [0.15, 0.2) is 5.84 Å². The Bertz CT molecular complexity index is 511. The number of amides is 2. The van der Waals surface area contributed by atoms with Crippen LogP contribution >= 0.6 is 0 Å². The predicted molar refractivity (Wildman–Crippen MR) is 73.2 cm³/mol. The monoisotopic (exact) mass is 261 g/mol. The predicted octanol–water partition coefficient (Wildman–Crippen LogP) is 2.68. The Kier molecular flexibility index (Phi) is 3.22. The second-order valence-electron chi connectivity index (χ2n) is 5.28. The molecule has 0 aliphatic carbocycles. The molecule has 1 heterocycles. The van der Waals surface area contributed by atoms with Crippen LogP contribution in [0.15, 0.2) is 35.5 Å². The zero-order chi connectivity index (χ0) is 14.2. The summed E-state index contributed by atoms with van der Waals surface area (Å²) in [5, 5.41) is 12.6. The number of amidine groups is 1. The number of oxime groups is 1. The summed E-state index contributed by atoms with van der Waals surface area (Å²) in [4.78, 5) is 15.5. The highest BCUT2D eigenvalue weighted by Crippen LogP contribution is 2.33. The van der Waals surface area contributed by atoms with Crippen molar-refractivity contribution in [3.8, 4) is 0 Å². The molecule has 0 spiro atoms. The van der Waals surface area contributed by atoms with Gasteiger partial charge in [-0.1, -0.05) is 35.5 Å². The summed E-state index contributed by atoms with van der Waals surface area (Å²) in [7, 11) is 1.71. The molecule has 1 atom stereocenters. The van der Waals surface area contributed by atoms with E-state index < -0.39 is 5.54 Å². The Labute approximate surface area is 113 Å². The van der Waals surface area contributed by atoms with E-state index in [1.54, 1.807) is 11.9 Å². The van der Waals surface area contributed by atoms with Gasteiger partial charge < -0.3 is 10.1 Å². The van der Waals surface area contributed by atoms with Crippen LogP contribution in [0, 0.1) is 0 Å². The third kappa shape index (κ3) is 1.95. The molecule has 1 fully saturated rings. The van der Waals surface area contributed by atoms with E-state index in [1.807, 2.05) is 51.1 Å². The maximum atomic E-state index is 12.4. The number of nitrogens with zero attached hydrogens (tertiary/aromatic N) is 3. The summed E-state index contributed by atoms with van der Waals surface area (Å²) in [6.45, 7) is 5.64. The van der Waals surface area contributed by atoms with Gasteiger partial charge in [0, 0.05) is 7.05 Å². The maximum absolute atomic E-state index is 12.4. The zero-order valence-electron chi connectivity index (χ0n) is 11.7. The Morgan fingerprint density at radius 1 is 1.26 bits per heavy atom. The van der Waals surface area contributed by atoms with Gasteiger partial charge in [0.2, 0.25) is 0 Å². The lowest BCUT2D eigenvalue weighted by molar-refractivity contribution is 0.181. The molecule has 1 aromatic carbocycles. The second-order valence-corrected chi connectivity index (χ2v) is 5.28. The summed E-state index contributed by atoms with van der Waals surface area (Å²) < 4.78 is 0. The first-order chi connectivity index (χ1) is 8.91. The molecular formula is C14H19N3O2. The van der Waals surface area contributed by atoms with Crippen LogP contribution in [0.2, 0.25) is 0 Å². The van der Waals surface area contributed by atoms with E-state index in [-0.39, 0.29) is 12.1 Å². The molecule has 0 radical (unpaired) electrons. The standard InChI is InChI=1S/C14H19N3O2/c1-10(11-8-6-5-7-9-11)17-12(15-19)14(2,3)16(4)13(17)18/h5-10,19H,1-4H3. The first-order valence-electron chi connectivity index (χ1n) is 6.25. The topological polar surface area (TPSA) is 56.1 Å². The normalized spacial score (nSPS) is 22.1. The van der Waals surface area contributed by atoms with Crippen molar-refractivity contribution in [3.05, 3.63) is 35.9 Å². The lowest BCUT2D eigenvalue weighted by Gasteiger charge is -2.26. The van der Waals surface area contributed by atoms with Gasteiger partial charge in [-0.05, 0) is 26.3 Å². The van der Waals surface area contributed by atoms with Crippen molar-refractivity contribution >= 4 is 11.9 Å². The number of rotatable bonds is 2. The average Bonchev–Trinajstić information content (AvgIpc) is 2.59. The number of carbonyl (C=O) groups is 1. The Balaban J connectivity index is 2.42. The molecule has 2 rings (SSSR count). The van der Waals surface area contributed by atoms with Crippen LogP contribution in [0.4, 0.5) is 4.79 Å². The Morgan fingerprint density at radius 2 is 1.84 bits per heavy atom. The lowest BCUT2D eigenvalue weighted by atomic mass is 10.0. The molecule has 1 aliphatic rings. The number of hydrogen-bond donors (Lipinski definition) is 1. The summed E-state index contributed by atoms with van der Waals surface area (Å²) in [6, 6.07) is 9.36. The van der Waals surface area contributed by atoms with Crippen molar-refractivity contribution in [1.29, 1.82) is 0 Å². The van der Waals surface area contributed by atoms with E-state index in [0.29, 0.717) is 5.84 Å². The van der Waals surface area contributed by atoms with Crippen molar-refractivity contribution in [1.82, 2.24) is 9.80 Å². The maximum Gasteiger partial charge on any atom is 0.326 e. The minimum absolute atomic E-state index is 0.158. The largest absolute Gasteiger partial charge is 0.409 e. The highest BCUT2D eigenvalue weighted by molar-refractivity contribution is 6.09. The van der Waals surface area contributed by atoms with Crippen LogP contribution in [-0.4, -0.2) is 39.5 Å². The van der Waals surface area contributed by atoms with E-state index in [0.717, 1.165) is 5.56 Å². The van der Waals surface area contributed by atoms with Crippen molar-refractivity contribution in [3.63, 3.8) is 0 Å². The minimum Gasteiger partial charge on any atom is -0.409 e. The van der Waals surface area contributed by atoms with Gasteiger partial charge in [-0.25, -0.2) is 4.79 Å². The molecule has 5 heteroatoms. The van der Waals surface area contributed by atoms with Gasteiger partial charge >= 0.3 is 6.03 Å². The molecule has 0 bridgehead atoms. The Hall–Kier alpha value is -2.04. The molecule has 1 saturated heterocycles. The molecule has 0 saturated carbocycles. The van der Waals surface area contributed by atoms with E-state index in [9.17, 15) is 10.0 Å². The van der Waals surface area contributed by atoms with Crippen molar-refractivity contribution in [2.24, 2.45) is 5.16 Å². The van der Waals surface area contributed by atoms with Crippen LogP contribution in [-0.2, 0) is 0 Å². The fourth-order valence-corrected chi connectivity index (χ4v) is 2.34. The molecule has 102 valence electrons. The SMILES string of the molecule is CC(c1ccccc1)N1C(=O)N(C)C(C)(C)C1=NO. The van der Waals surface area contributed by atoms with Crippen molar-refractivity contribution in [2.45, 2.75) is 32.4 Å². The molecule has 1 N–H and O–H groups in total. The smallest absolute Gasteiger partial charge is 0.326 e. The molecule has 2 amide bonds. The van der Waals surface area contributed by atoms with E-state index in [2.05, 4.69) is 5.16 Å². The first kappa shape index (κ1) is 13.4. The number of carbonyl (C=O) groups excluding carboxylic acids is 1. The fourth-order valence-electron chi connectivity index (χ4n) is 2.34. The van der Waals surface area contributed by atoms with E-state index in [1.165, 1.54) is 4.90 Å². The fraction of sp³-hybridized carbons (Fsp3) is 0.429. The highest BCUT2D eigenvalue weighted by atomic mass is 16.4. The summed E-state index contributed by atoms with van der Waals surface area (Å²) in [5.74, 6) is 0.372. The molecule has 19 heavy (non-hydrogen) atoms. The van der Waals surface area contributed by atoms with E-state index in [4.69, 9.17) is 0 Å². The van der Waals surface area contributed by atoms with Gasteiger partial charge in [-0.2, -0.15) is 0 Å². The number of urea groups is 1. The third-order valence-corrected chi connectivity index (χ3v) is 3.87. The van der Waals surface area contributed by atoms with Gasteiger partial charge in [0.05, 0.1) is 6.04 Å². The Morgan fingerprint density at radius 3 is 2.37 bits per heavy atom.